The van der Waals surface area contributed by atoms with Crippen molar-refractivity contribution in [2.45, 2.75) is 13.5 Å². The summed E-state index contributed by atoms with van der Waals surface area (Å²) in [5, 5.41) is 0. The van der Waals surface area contributed by atoms with Crippen molar-refractivity contribution in [2.24, 2.45) is 0 Å². The van der Waals surface area contributed by atoms with Gasteiger partial charge in [-0.2, -0.15) is 0 Å². The van der Waals surface area contributed by atoms with Gasteiger partial charge in [-0.15, -0.1) is 0 Å². The molecule has 24 heavy (non-hydrogen) atoms. The maximum atomic E-state index is 5.96. The summed E-state index contributed by atoms with van der Waals surface area (Å²) in [5.41, 5.74) is 8.85. The molecule has 2 aromatic heterocycles. The van der Waals surface area contributed by atoms with Crippen LogP contribution in [0, 0.1) is 6.92 Å². The summed E-state index contributed by atoms with van der Waals surface area (Å²) < 4.78 is 13.0. The molecular weight excluding hydrogens is 304 g/mol. The zero-order chi connectivity index (χ0) is 17.1. The summed E-state index contributed by atoms with van der Waals surface area (Å²) in [4.78, 5) is 8.64. The molecule has 0 unspecified atom stereocenters. The van der Waals surface area contributed by atoms with Gasteiger partial charge in [-0.3, -0.25) is 0 Å². The lowest BCUT2D eigenvalue weighted by Gasteiger charge is -2.15. The molecule has 0 fully saturated rings. The summed E-state index contributed by atoms with van der Waals surface area (Å²) in [7, 11) is 3.26. The fourth-order valence-corrected chi connectivity index (χ4v) is 2.72. The lowest BCUT2D eigenvalue weighted by molar-refractivity contribution is 0.355. The van der Waals surface area contributed by atoms with Crippen LogP contribution in [-0.4, -0.2) is 28.8 Å². The highest BCUT2D eigenvalue weighted by Crippen LogP contribution is 2.38. The molecule has 0 amide bonds. The number of imidazole rings is 1. The standard InChI is InChI=1S/C18H20N4O2/c1-12-9-14(16(24-3)15(10-12)23-2)18-21-7-8-22(18)11-13-5-4-6-20-17(13)19/h4-10H,11H2,1-3H3,(H2,19,20). The van der Waals surface area contributed by atoms with Gasteiger partial charge in [-0.05, 0) is 30.7 Å². The fraction of sp³-hybridized carbons (Fsp3) is 0.222. The van der Waals surface area contributed by atoms with E-state index in [1.54, 1.807) is 26.6 Å². The first-order chi connectivity index (χ1) is 11.6. The summed E-state index contributed by atoms with van der Waals surface area (Å²) in [6.45, 7) is 2.59. The van der Waals surface area contributed by atoms with E-state index in [0.29, 0.717) is 23.9 Å². The number of hydrogen-bond donors (Lipinski definition) is 1. The van der Waals surface area contributed by atoms with Crippen molar-refractivity contribution in [3.63, 3.8) is 0 Å². The number of anilines is 1. The number of pyridine rings is 1. The van der Waals surface area contributed by atoms with E-state index in [4.69, 9.17) is 15.2 Å². The minimum atomic E-state index is 0.519. The molecule has 3 aromatic rings. The van der Waals surface area contributed by atoms with Gasteiger partial charge in [0.25, 0.3) is 0 Å². The smallest absolute Gasteiger partial charge is 0.171 e. The summed E-state index contributed by atoms with van der Waals surface area (Å²) in [6, 6.07) is 7.81. The van der Waals surface area contributed by atoms with Gasteiger partial charge in [-0.1, -0.05) is 6.07 Å². The van der Waals surface area contributed by atoms with Gasteiger partial charge in [0.2, 0.25) is 0 Å². The first-order valence-electron chi connectivity index (χ1n) is 7.57. The number of aromatic nitrogens is 3. The van der Waals surface area contributed by atoms with Crippen molar-refractivity contribution in [3.8, 4) is 22.9 Å². The molecule has 1 aromatic carbocycles. The third-order valence-electron chi connectivity index (χ3n) is 3.85. The van der Waals surface area contributed by atoms with E-state index >= 15 is 0 Å². The van der Waals surface area contributed by atoms with Crippen molar-refractivity contribution in [3.05, 3.63) is 54.0 Å². The van der Waals surface area contributed by atoms with Crippen LogP contribution in [0.5, 0.6) is 11.5 Å². The number of ether oxygens (including phenoxy) is 2. The van der Waals surface area contributed by atoms with Gasteiger partial charge < -0.3 is 19.8 Å². The molecule has 0 spiro atoms. The van der Waals surface area contributed by atoms with Crippen molar-refractivity contribution in [1.29, 1.82) is 0 Å². The second-order valence-corrected chi connectivity index (χ2v) is 5.47. The number of nitrogens with zero attached hydrogens (tertiary/aromatic N) is 3. The Labute approximate surface area is 140 Å². The Morgan fingerprint density at radius 1 is 1.12 bits per heavy atom. The van der Waals surface area contributed by atoms with Crippen LogP contribution in [0.4, 0.5) is 5.82 Å². The van der Waals surface area contributed by atoms with Gasteiger partial charge in [0.15, 0.2) is 11.5 Å². The molecule has 6 heteroatoms. The van der Waals surface area contributed by atoms with Gasteiger partial charge in [0.1, 0.15) is 11.6 Å². The Kier molecular flexibility index (Phi) is 4.37. The minimum Gasteiger partial charge on any atom is -0.493 e. The largest absolute Gasteiger partial charge is 0.493 e. The monoisotopic (exact) mass is 324 g/mol. The van der Waals surface area contributed by atoms with E-state index in [1.807, 2.05) is 42.0 Å². The first-order valence-corrected chi connectivity index (χ1v) is 7.57. The number of aryl methyl sites for hydroxylation is 1. The number of benzene rings is 1. The second kappa shape index (κ2) is 6.62. The number of methoxy groups -OCH3 is 2. The Bertz CT molecular complexity index is 858. The molecule has 2 N–H and O–H groups in total. The molecule has 2 heterocycles. The van der Waals surface area contributed by atoms with Crippen molar-refractivity contribution < 1.29 is 9.47 Å². The van der Waals surface area contributed by atoms with Gasteiger partial charge in [0, 0.05) is 24.2 Å². The summed E-state index contributed by atoms with van der Waals surface area (Å²) in [5.74, 6) is 2.65. The van der Waals surface area contributed by atoms with E-state index in [2.05, 4.69) is 9.97 Å². The molecule has 0 saturated heterocycles. The third-order valence-corrected chi connectivity index (χ3v) is 3.85. The SMILES string of the molecule is COc1cc(C)cc(-c2nccn2Cc2cccnc2N)c1OC. The molecule has 0 radical (unpaired) electrons. The average Bonchev–Trinajstić information content (AvgIpc) is 3.04. The first kappa shape index (κ1) is 15.9. The van der Waals surface area contributed by atoms with E-state index in [9.17, 15) is 0 Å². The zero-order valence-corrected chi connectivity index (χ0v) is 14.0. The van der Waals surface area contributed by atoms with Crippen molar-refractivity contribution in [2.75, 3.05) is 20.0 Å². The Hall–Kier alpha value is -3.02. The van der Waals surface area contributed by atoms with E-state index < -0.39 is 0 Å². The Morgan fingerprint density at radius 2 is 1.96 bits per heavy atom. The quantitative estimate of drug-likeness (QED) is 0.781. The molecule has 6 nitrogen and oxygen atoms in total. The summed E-state index contributed by atoms with van der Waals surface area (Å²) >= 11 is 0. The predicted molar refractivity (Wildman–Crippen MR) is 93.3 cm³/mol. The molecule has 0 aliphatic rings. The van der Waals surface area contributed by atoms with Gasteiger partial charge >= 0.3 is 0 Å². The number of rotatable bonds is 5. The normalized spacial score (nSPS) is 10.6. The molecule has 124 valence electrons. The van der Waals surface area contributed by atoms with Crippen LogP contribution in [0.25, 0.3) is 11.4 Å². The van der Waals surface area contributed by atoms with Gasteiger partial charge in [0.05, 0.1) is 26.3 Å². The molecule has 0 saturated carbocycles. The van der Waals surface area contributed by atoms with Crippen LogP contribution in [0.3, 0.4) is 0 Å². The van der Waals surface area contributed by atoms with E-state index in [0.717, 1.165) is 22.5 Å². The van der Waals surface area contributed by atoms with Crippen LogP contribution < -0.4 is 15.2 Å². The molecule has 3 rings (SSSR count). The Morgan fingerprint density at radius 3 is 2.67 bits per heavy atom. The molecule has 0 aliphatic heterocycles. The molecular formula is C18H20N4O2. The molecule has 0 aliphatic carbocycles. The fourth-order valence-electron chi connectivity index (χ4n) is 2.72. The topological polar surface area (TPSA) is 75.2 Å². The second-order valence-electron chi connectivity index (χ2n) is 5.47. The van der Waals surface area contributed by atoms with Crippen LogP contribution in [0.1, 0.15) is 11.1 Å². The predicted octanol–water partition coefficient (Wildman–Crippen LogP) is 2.90. The highest BCUT2D eigenvalue weighted by molar-refractivity contribution is 5.70. The van der Waals surface area contributed by atoms with Crippen molar-refractivity contribution >= 4 is 5.82 Å². The van der Waals surface area contributed by atoms with Crippen LogP contribution in [-0.2, 0) is 6.54 Å². The maximum absolute atomic E-state index is 5.96. The number of hydrogen-bond acceptors (Lipinski definition) is 5. The van der Waals surface area contributed by atoms with Crippen LogP contribution in [0.15, 0.2) is 42.9 Å². The van der Waals surface area contributed by atoms with Crippen molar-refractivity contribution in [1.82, 2.24) is 14.5 Å². The lowest BCUT2D eigenvalue weighted by atomic mass is 10.1. The third kappa shape index (κ3) is 2.90. The minimum absolute atomic E-state index is 0.519. The van der Waals surface area contributed by atoms with Gasteiger partial charge in [-0.25, -0.2) is 9.97 Å². The Balaban J connectivity index is 2.08. The number of nitrogen functional groups attached to an aromatic ring is 1. The van der Waals surface area contributed by atoms with E-state index in [1.165, 1.54) is 0 Å². The maximum Gasteiger partial charge on any atom is 0.171 e. The summed E-state index contributed by atoms with van der Waals surface area (Å²) in [6.07, 6.45) is 5.36. The lowest BCUT2D eigenvalue weighted by Crippen LogP contribution is -2.06. The van der Waals surface area contributed by atoms with Crippen LogP contribution >= 0.6 is 0 Å². The highest BCUT2D eigenvalue weighted by atomic mass is 16.5. The average molecular weight is 324 g/mol. The number of nitrogens with two attached hydrogens (primary N) is 1. The molecule has 0 bridgehead atoms. The molecule has 0 atom stereocenters. The van der Waals surface area contributed by atoms with E-state index in [-0.39, 0.29) is 0 Å². The van der Waals surface area contributed by atoms with Crippen LogP contribution in [0.2, 0.25) is 0 Å². The zero-order valence-electron chi connectivity index (χ0n) is 14.0. The highest BCUT2D eigenvalue weighted by Gasteiger charge is 2.17.